The zero-order valence-electron chi connectivity index (χ0n) is 19.8. The topological polar surface area (TPSA) is 72.9 Å². The van der Waals surface area contributed by atoms with Crippen LogP contribution in [0.2, 0.25) is 0 Å². The fraction of sp³-hybridized carbons (Fsp3) is 0.385. The van der Waals surface area contributed by atoms with Crippen LogP contribution in [0.1, 0.15) is 30.7 Å². The Kier molecular flexibility index (Phi) is 7.46. The van der Waals surface area contributed by atoms with Gasteiger partial charge in [0.15, 0.2) is 0 Å². The molecule has 0 N–H and O–H groups in total. The standard InChI is InChI=1S/C26H30N6O2S/c33-25(31-15-11-29(12-16-31)19-21-5-1-3-9-27-21)23-7-8-24(35-23)26(34)32-17-13-30(14-18-32)20-22-6-2-4-10-28-22/h1-10H,11-20H2. The van der Waals surface area contributed by atoms with E-state index in [2.05, 4.69) is 19.8 Å². The van der Waals surface area contributed by atoms with Crippen molar-refractivity contribution in [1.29, 1.82) is 0 Å². The second-order valence-electron chi connectivity index (χ2n) is 8.94. The Hall–Kier alpha value is -3.14. The van der Waals surface area contributed by atoms with Crippen LogP contribution in [-0.2, 0) is 13.1 Å². The van der Waals surface area contributed by atoms with E-state index in [0.29, 0.717) is 35.9 Å². The lowest BCUT2D eigenvalue weighted by Crippen LogP contribution is -2.48. The normalized spacial score (nSPS) is 17.5. The maximum absolute atomic E-state index is 13.1. The summed E-state index contributed by atoms with van der Waals surface area (Å²) >= 11 is 1.31. The van der Waals surface area contributed by atoms with Gasteiger partial charge >= 0.3 is 0 Å². The van der Waals surface area contributed by atoms with Crippen LogP contribution < -0.4 is 0 Å². The van der Waals surface area contributed by atoms with Crippen LogP contribution in [0, 0.1) is 0 Å². The Morgan fingerprint density at radius 1 is 0.629 bits per heavy atom. The number of piperazine rings is 2. The lowest BCUT2D eigenvalue weighted by atomic mass is 10.2. The Labute approximate surface area is 209 Å². The van der Waals surface area contributed by atoms with Gasteiger partial charge in [-0.05, 0) is 36.4 Å². The minimum atomic E-state index is 0.0201. The number of amides is 2. The van der Waals surface area contributed by atoms with E-state index < -0.39 is 0 Å². The highest BCUT2D eigenvalue weighted by atomic mass is 32.1. The summed E-state index contributed by atoms with van der Waals surface area (Å²) in [4.78, 5) is 44.6. The SMILES string of the molecule is O=C(c1ccc(C(=O)N2CCN(Cc3ccccn3)CC2)s1)N1CCN(Cc2ccccn2)CC1. The molecule has 0 bridgehead atoms. The third-order valence-corrected chi connectivity index (χ3v) is 7.63. The lowest BCUT2D eigenvalue weighted by molar-refractivity contribution is 0.0627. The minimum absolute atomic E-state index is 0.0201. The van der Waals surface area contributed by atoms with Gasteiger partial charge in [0.1, 0.15) is 0 Å². The van der Waals surface area contributed by atoms with E-state index in [9.17, 15) is 9.59 Å². The molecule has 0 aliphatic carbocycles. The summed E-state index contributed by atoms with van der Waals surface area (Å²) in [6.45, 7) is 7.63. The second kappa shape index (κ2) is 11.1. The van der Waals surface area contributed by atoms with E-state index in [1.165, 1.54) is 11.3 Å². The highest BCUT2D eigenvalue weighted by Gasteiger charge is 2.27. The molecule has 182 valence electrons. The Bertz CT molecular complexity index is 1040. The molecule has 0 saturated carbocycles. The van der Waals surface area contributed by atoms with Gasteiger partial charge in [-0.2, -0.15) is 0 Å². The number of carbonyl (C=O) groups excluding carboxylic acids is 2. The number of hydrogen-bond acceptors (Lipinski definition) is 7. The first-order chi connectivity index (χ1) is 17.2. The van der Waals surface area contributed by atoms with Crippen molar-refractivity contribution in [2.45, 2.75) is 13.1 Å². The Morgan fingerprint density at radius 3 is 1.43 bits per heavy atom. The van der Waals surface area contributed by atoms with Crippen molar-refractivity contribution in [2.75, 3.05) is 52.4 Å². The van der Waals surface area contributed by atoms with Crippen LogP contribution >= 0.6 is 11.3 Å². The Morgan fingerprint density at radius 2 is 1.06 bits per heavy atom. The minimum Gasteiger partial charge on any atom is -0.335 e. The average Bonchev–Trinajstić information content (AvgIpc) is 3.40. The smallest absolute Gasteiger partial charge is 0.264 e. The molecule has 2 fully saturated rings. The number of nitrogens with zero attached hydrogens (tertiary/aromatic N) is 6. The summed E-state index contributed by atoms with van der Waals surface area (Å²) < 4.78 is 0. The van der Waals surface area contributed by atoms with E-state index in [1.54, 1.807) is 12.1 Å². The van der Waals surface area contributed by atoms with Crippen molar-refractivity contribution >= 4 is 23.2 Å². The zero-order chi connectivity index (χ0) is 24.0. The largest absolute Gasteiger partial charge is 0.335 e. The molecule has 0 aromatic carbocycles. The molecule has 2 saturated heterocycles. The molecular formula is C26H30N6O2S. The predicted octanol–water partition coefficient (Wildman–Crippen LogP) is 2.45. The van der Waals surface area contributed by atoms with Crippen LogP contribution in [0.5, 0.6) is 0 Å². The predicted molar refractivity (Wildman–Crippen MR) is 135 cm³/mol. The molecule has 5 heterocycles. The molecule has 5 rings (SSSR count). The quantitative estimate of drug-likeness (QED) is 0.529. The molecule has 0 atom stereocenters. The van der Waals surface area contributed by atoms with E-state index >= 15 is 0 Å². The number of hydrogen-bond donors (Lipinski definition) is 0. The molecule has 8 nitrogen and oxygen atoms in total. The molecule has 9 heteroatoms. The summed E-state index contributed by atoms with van der Waals surface area (Å²) in [6, 6.07) is 15.5. The third kappa shape index (κ3) is 5.93. The molecule has 3 aromatic heterocycles. The summed E-state index contributed by atoms with van der Waals surface area (Å²) in [6.07, 6.45) is 3.62. The van der Waals surface area contributed by atoms with Gasteiger partial charge in [0.25, 0.3) is 11.8 Å². The van der Waals surface area contributed by atoms with Gasteiger partial charge in [0, 0.05) is 77.8 Å². The van der Waals surface area contributed by atoms with Crippen LogP contribution in [0.3, 0.4) is 0 Å². The first-order valence-corrected chi connectivity index (χ1v) is 12.9. The van der Waals surface area contributed by atoms with Crippen LogP contribution in [0.15, 0.2) is 60.9 Å². The van der Waals surface area contributed by atoms with Crippen molar-refractivity contribution in [2.24, 2.45) is 0 Å². The second-order valence-corrected chi connectivity index (χ2v) is 10.0. The lowest BCUT2D eigenvalue weighted by Gasteiger charge is -2.34. The summed E-state index contributed by atoms with van der Waals surface area (Å²) in [5.41, 5.74) is 2.09. The fourth-order valence-corrected chi connectivity index (χ4v) is 5.48. The molecule has 0 radical (unpaired) electrons. The van der Waals surface area contributed by atoms with E-state index in [0.717, 1.165) is 50.7 Å². The maximum Gasteiger partial charge on any atom is 0.264 e. The van der Waals surface area contributed by atoms with E-state index in [1.807, 2.05) is 58.6 Å². The fourth-order valence-electron chi connectivity index (χ4n) is 4.54. The summed E-state index contributed by atoms with van der Waals surface area (Å²) in [5.74, 6) is 0.0402. The highest BCUT2D eigenvalue weighted by molar-refractivity contribution is 7.15. The van der Waals surface area contributed by atoms with Gasteiger partial charge in [0.05, 0.1) is 21.1 Å². The maximum atomic E-state index is 13.1. The molecular weight excluding hydrogens is 460 g/mol. The van der Waals surface area contributed by atoms with Crippen molar-refractivity contribution < 1.29 is 9.59 Å². The van der Waals surface area contributed by atoms with Crippen molar-refractivity contribution in [3.05, 3.63) is 82.1 Å². The first kappa shape index (κ1) is 23.6. The van der Waals surface area contributed by atoms with Crippen LogP contribution in [-0.4, -0.2) is 93.7 Å². The van der Waals surface area contributed by atoms with Gasteiger partial charge < -0.3 is 9.80 Å². The molecule has 35 heavy (non-hydrogen) atoms. The van der Waals surface area contributed by atoms with Crippen molar-refractivity contribution in [3.8, 4) is 0 Å². The van der Waals surface area contributed by atoms with Gasteiger partial charge in [-0.3, -0.25) is 29.4 Å². The van der Waals surface area contributed by atoms with Gasteiger partial charge in [-0.1, -0.05) is 12.1 Å². The summed E-state index contributed by atoms with van der Waals surface area (Å²) in [7, 11) is 0. The average molecular weight is 491 g/mol. The summed E-state index contributed by atoms with van der Waals surface area (Å²) in [5, 5.41) is 0. The van der Waals surface area contributed by atoms with Crippen molar-refractivity contribution in [1.82, 2.24) is 29.6 Å². The molecule has 2 aliphatic heterocycles. The number of rotatable bonds is 6. The monoisotopic (exact) mass is 490 g/mol. The van der Waals surface area contributed by atoms with Crippen LogP contribution in [0.4, 0.5) is 0 Å². The molecule has 3 aromatic rings. The van der Waals surface area contributed by atoms with Gasteiger partial charge in [-0.15, -0.1) is 11.3 Å². The van der Waals surface area contributed by atoms with Crippen molar-refractivity contribution in [3.63, 3.8) is 0 Å². The zero-order valence-corrected chi connectivity index (χ0v) is 20.6. The number of carbonyl (C=O) groups is 2. The number of aromatic nitrogens is 2. The molecule has 0 unspecified atom stereocenters. The highest BCUT2D eigenvalue weighted by Crippen LogP contribution is 2.22. The first-order valence-electron chi connectivity index (χ1n) is 12.1. The van der Waals surface area contributed by atoms with E-state index in [4.69, 9.17) is 0 Å². The molecule has 0 spiro atoms. The Balaban J connectivity index is 1.10. The van der Waals surface area contributed by atoms with Crippen LogP contribution in [0.25, 0.3) is 0 Å². The van der Waals surface area contributed by atoms with Gasteiger partial charge in [-0.25, -0.2) is 0 Å². The number of pyridine rings is 2. The van der Waals surface area contributed by atoms with E-state index in [-0.39, 0.29) is 11.8 Å². The number of thiophene rings is 1. The third-order valence-electron chi connectivity index (χ3n) is 6.57. The molecule has 2 amide bonds. The van der Waals surface area contributed by atoms with Gasteiger partial charge in [0.2, 0.25) is 0 Å². The molecule has 2 aliphatic rings.